The predicted octanol–water partition coefficient (Wildman–Crippen LogP) is 4.25. The van der Waals surface area contributed by atoms with Crippen molar-refractivity contribution >= 4 is 21.7 Å². The van der Waals surface area contributed by atoms with Crippen molar-refractivity contribution in [3.63, 3.8) is 0 Å². The Labute approximate surface area is 109 Å². The van der Waals surface area contributed by atoms with Gasteiger partial charge in [0, 0.05) is 6.42 Å². The maximum atomic E-state index is 11.8. The highest BCUT2D eigenvalue weighted by molar-refractivity contribution is 9.10. The van der Waals surface area contributed by atoms with Crippen molar-refractivity contribution in [1.82, 2.24) is 0 Å². The van der Waals surface area contributed by atoms with Gasteiger partial charge < -0.3 is 4.42 Å². The molecule has 1 aromatic heterocycles. The maximum Gasteiger partial charge on any atom is 0.179 e. The molecule has 0 unspecified atom stereocenters. The Morgan fingerprint density at radius 1 is 1.18 bits per heavy atom. The van der Waals surface area contributed by atoms with Crippen LogP contribution in [0.5, 0.6) is 0 Å². The molecule has 1 aromatic carbocycles. The molecule has 88 valence electrons. The summed E-state index contributed by atoms with van der Waals surface area (Å²) in [5.41, 5.74) is 1.91. The number of halogens is 1. The smallest absolute Gasteiger partial charge is 0.179 e. The van der Waals surface area contributed by atoms with Crippen molar-refractivity contribution in [2.24, 2.45) is 0 Å². The zero-order valence-corrected chi connectivity index (χ0v) is 10.9. The van der Waals surface area contributed by atoms with Crippen LogP contribution in [0.3, 0.4) is 0 Å². The molecule has 0 amide bonds. The van der Waals surface area contributed by atoms with Gasteiger partial charge in [0.2, 0.25) is 0 Å². The molecule has 0 atom stereocenters. The monoisotopic (exact) mass is 292 g/mol. The van der Waals surface area contributed by atoms with Crippen molar-refractivity contribution < 1.29 is 9.21 Å². The number of carbonyl (C=O) groups is 1. The molecule has 17 heavy (non-hydrogen) atoms. The van der Waals surface area contributed by atoms with Crippen molar-refractivity contribution in [3.05, 3.63) is 58.5 Å². The van der Waals surface area contributed by atoms with Crippen molar-refractivity contribution in [3.8, 4) is 0 Å². The van der Waals surface area contributed by atoms with E-state index in [1.165, 1.54) is 11.8 Å². The molecule has 0 N–H and O–H groups in total. The minimum atomic E-state index is 0.126. The second-order valence-corrected chi connectivity index (χ2v) is 4.59. The fourth-order valence-electron chi connectivity index (χ4n) is 1.73. The van der Waals surface area contributed by atoms with Crippen LogP contribution in [0.15, 0.2) is 51.7 Å². The molecule has 1 heterocycles. The minimum Gasteiger partial charge on any atom is -0.457 e. The van der Waals surface area contributed by atoms with Crippen LogP contribution in [0, 0.1) is 0 Å². The average molecular weight is 293 g/mol. The highest BCUT2D eigenvalue weighted by atomic mass is 79.9. The van der Waals surface area contributed by atoms with Gasteiger partial charge in [-0.1, -0.05) is 30.3 Å². The van der Waals surface area contributed by atoms with Gasteiger partial charge in [-0.15, -0.1) is 0 Å². The molecule has 0 spiro atoms. The standard InChI is InChI=1S/C14H13BrO2/c15-14-12(9-10-17-14)13(16)8-4-7-11-5-2-1-3-6-11/h1-3,5-6,9-10H,4,7-8H2. The summed E-state index contributed by atoms with van der Waals surface area (Å²) < 4.78 is 5.58. The van der Waals surface area contributed by atoms with Gasteiger partial charge in [-0.3, -0.25) is 4.79 Å². The van der Waals surface area contributed by atoms with E-state index in [0.717, 1.165) is 12.8 Å². The van der Waals surface area contributed by atoms with Crippen LogP contribution in [-0.2, 0) is 6.42 Å². The zero-order chi connectivity index (χ0) is 12.1. The van der Waals surface area contributed by atoms with E-state index in [1.807, 2.05) is 18.2 Å². The normalized spacial score (nSPS) is 10.4. The molecule has 2 aromatic rings. The van der Waals surface area contributed by atoms with E-state index in [9.17, 15) is 4.79 Å². The first-order valence-electron chi connectivity index (χ1n) is 5.57. The van der Waals surface area contributed by atoms with E-state index >= 15 is 0 Å². The number of benzene rings is 1. The van der Waals surface area contributed by atoms with Crippen LogP contribution in [0.4, 0.5) is 0 Å². The van der Waals surface area contributed by atoms with Gasteiger partial charge in [0.05, 0.1) is 11.8 Å². The molecule has 0 fully saturated rings. The molecule has 2 nitrogen and oxygen atoms in total. The van der Waals surface area contributed by atoms with Gasteiger partial charge in [0.15, 0.2) is 10.5 Å². The minimum absolute atomic E-state index is 0.126. The van der Waals surface area contributed by atoms with Crippen LogP contribution in [0.1, 0.15) is 28.8 Å². The summed E-state index contributed by atoms with van der Waals surface area (Å²) in [4.78, 5) is 11.8. The van der Waals surface area contributed by atoms with Gasteiger partial charge in [0.1, 0.15) is 0 Å². The third-order valence-electron chi connectivity index (χ3n) is 2.63. The SMILES string of the molecule is O=C(CCCc1ccccc1)c1ccoc1Br. The Kier molecular flexibility index (Phi) is 4.15. The van der Waals surface area contributed by atoms with Gasteiger partial charge in [-0.25, -0.2) is 0 Å². The van der Waals surface area contributed by atoms with Gasteiger partial charge in [-0.2, -0.15) is 0 Å². The van der Waals surface area contributed by atoms with Crippen LogP contribution in [0.25, 0.3) is 0 Å². The molecule has 0 aliphatic heterocycles. The number of ketones is 1. The highest BCUT2D eigenvalue weighted by Crippen LogP contribution is 2.20. The van der Waals surface area contributed by atoms with Crippen LogP contribution < -0.4 is 0 Å². The van der Waals surface area contributed by atoms with Crippen molar-refractivity contribution in [2.75, 3.05) is 0 Å². The third-order valence-corrected chi connectivity index (χ3v) is 3.24. The molecule has 0 bridgehead atoms. The summed E-state index contributed by atoms with van der Waals surface area (Å²) in [5, 5.41) is 0. The summed E-state index contributed by atoms with van der Waals surface area (Å²) in [6.07, 6.45) is 3.87. The molecule has 0 aliphatic carbocycles. The van der Waals surface area contributed by atoms with Crippen molar-refractivity contribution in [1.29, 1.82) is 0 Å². The van der Waals surface area contributed by atoms with E-state index in [4.69, 9.17) is 4.42 Å². The van der Waals surface area contributed by atoms with Crippen molar-refractivity contribution in [2.45, 2.75) is 19.3 Å². The van der Waals surface area contributed by atoms with E-state index in [0.29, 0.717) is 16.7 Å². The van der Waals surface area contributed by atoms with Crippen LogP contribution in [-0.4, -0.2) is 5.78 Å². The van der Waals surface area contributed by atoms with Crippen LogP contribution in [0.2, 0.25) is 0 Å². The lowest BCUT2D eigenvalue weighted by atomic mass is 10.0. The van der Waals surface area contributed by atoms with Crippen LogP contribution >= 0.6 is 15.9 Å². The Balaban J connectivity index is 1.84. The fourth-order valence-corrected chi connectivity index (χ4v) is 2.19. The summed E-state index contributed by atoms with van der Waals surface area (Å²) in [6.45, 7) is 0. The fraction of sp³-hybridized carbons (Fsp3) is 0.214. The summed E-state index contributed by atoms with van der Waals surface area (Å²) in [6, 6.07) is 11.9. The lowest BCUT2D eigenvalue weighted by Gasteiger charge is -2.00. The summed E-state index contributed by atoms with van der Waals surface area (Å²) in [5.74, 6) is 0.126. The summed E-state index contributed by atoms with van der Waals surface area (Å²) >= 11 is 3.22. The zero-order valence-electron chi connectivity index (χ0n) is 9.36. The molecule has 0 radical (unpaired) electrons. The quantitative estimate of drug-likeness (QED) is 0.771. The Morgan fingerprint density at radius 3 is 2.59 bits per heavy atom. The van der Waals surface area contributed by atoms with Gasteiger partial charge in [0.25, 0.3) is 0 Å². The molecule has 0 aliphatic rings. The Bertz CT molecular complexity index is 488. The number of hydrogen-bond acceptors (Lipinski definition) is 2. The van der Waals surface area contributed by atoms with E-state index < -0.39 is 0 Å². The maximum absolute atomic E-state index is 11.8. The number of hydrogen-bond donors (Lipinski definition) is 0. The first-order valence-corrected chi connectivity index (χ1v) is 6.37. The largest absolute Gasteiger partial charge is 0.457 e. The first kappa shape index (κ1) is 12.1. The highest BCUT2D eigenvalue weighted by Gasteiger charge is 2.11. The van der Waals surface area contributed by atoms with Gasteiger partial charge in [-0.05, 0) is 40.4 Å². The number of furan rings is 1. The lowest BCUT2D eigenvalue weighted by molar-refractivity contribution is 0.0978. The predicted molar refractivity (Wildman–Crippen MR) is 70.1 cm³/mol. The second-order valence-electron chi connectivity index (χ2n) is 3.87. The molecule has 0 saturated heterocycles. The number of rotatable bonds is 5. The Hall–Kier alpha value is -1.35. The van der Waals surface area contributed by atoms with E-state index in [1.54, 1.807) is 6.07 Å². The number of carbonyl (C=O) groups excluding carboxylic acids is 1. The molecule has 2 rings (SSSR count). The van der Waals surface area contributed by atoms with Gasteiger partial charge >= 0.3 is 0 Å². The average Bonchev–Trinajstić information content (AvgIpc) is 2.77. The molecule has 3 heteroatoms. The molecular formula is C14H13BrO2. The second kappa shape index (κ2) is 5.82. The number of Topliss-reactive ketones (excluding diaryl/α,β-unsaturated/α-hetero) is 1. The Morgan fingerprint density at radius 2 is 1.94 bits per heavy atom. The topological polar surface area (TPSA) is 30.2 Å². The van der Waals surface area contributed by atoms with E-state index in [-0.39, 0.29) is 5.78 Å². The first-order chi connectivity index (χ1) is 8.27. The summed E-state index contributed by atoms with van der Waals surface area (Å²) in [7, 11) is 0. The third kappa shape index (κ3) is 3.30. The lowest BCUT2D eigenvalue weighted by Crippen LogP contribution is -1.99. The number of aryl methyl sites for hydroxylation is 1. The molecular weight excluding hydrogens is 280 g/mol. The molecule has 0 saturated carbocycles. The van der Waals surface area contributed by atoms with E-state index in [2.05, 4.69) is 28.1 Å².